The molecule has 0 fully saturated rings. The zero-order valence-electron chi connectivity index (χ0n) is 18.1. The van der Waals surface area contributed by atoms with Gasteiger partial charge in [-0.3, -0.25) is 14.8 Å². The van der Waals surface area contributed by atoms with Crippen LogP contribution in [0.3, 0.4) is 0 Å². The molecular weight excluding hydrogens is 452 g/mol. The summed E-state index contributed by atoms with van der Waals surface area (Å²) in [5, 5.41) is 10.9. The highest BCUT2D eigenvalue weighted by Crippen LogP contribution is 2.30. The molecule has 7 heteroatoms. The second kappa shape index (κ2) is 10.1. The average Bonchev–Trinajstić information content (AvgIpc) is 2.85. The number of carbonyl (C=O) groups is 2. The summed E-state index contributed by atoms with van der Waals surface area (Å²) in [5.74, 6) is -1.25. The van der Waals surface area contributed by atoms with Gasteiger partial charge in [0.25, 0.3) is 0 Å². The first-order valence-electron chi connectivity index (χ1n) is 10.3. The number of aromatic nitrogens is 2. The minimum atomic E-state index is -0.620. The van der Waals surface area contributed by atoms with Crippen LogP contribution in [0, 0.1) is 6.92 Å². The fourth-order valence-electron chi connectivity index (χ4n) is 3.35. The SMILES string of the molecule is Cc1ccccc1C(=O)Oc1ccnc(/C=C(/O)c2ccncc2)c1C(=O)c1ccccc1Cl. The van der Waals surface area contributed by atoms with E-state index in [2.05, 4.69) is 9.97 Å². The number of hydrogen-bond donors (Lipinski definition) is 1. The molecule has 0 atom stereocenters. The lowest BCUT2D eigenvalue weighted by Gasteiger charge is -2.13. The Morgan fingerprint density at radius 1 is 0.912 bits per heavy atom. The second-order valence-corrected chi connectivity index (χ2v) is 7.76. The molecule has 6 nitrogen and oxygen atoms in total. The summed E-state index contributed by atoms with van der Waals surface area (Å²) in [5.41, 5.74) is 1.91. The van der Waals surface area contributed by atoms with Gasteiger partial charge in [0.2, 0.25) is 0 Å². The van der Waals surface area contributed by atoms with Crippen LogP contribution < -0.4 is 4.74 Å². The highest BCUT2D eigenvalue weighted by atomic mass is 35.5. The number of hydrogen-bond acceptors (Lipinski definition) is 6. The number of carbonyl (C=O) groups excluding carboxylic acids is 2. The zero-order chi connectivity index (χ0) is 24.1. The van der Waals surface area contributed by atoms with Gasteiger partial charge in [0.1, 0.15) is 11.5 Å². The van der Waals surface area contributed by atoms with E-state index in [1.165, 1.54) is 30.7 Å². The Kier molecular flexibility index (Phi) is 6.80. The highest BCUT2D eigenvalue weighted by molar-refractivity contribution is 6.35. The first kappa shape index (κ1) is 22.9. The van der Waals surface area contributed by atoms with Crippen LogP contribution in [0.25, 0.3) is 11.8 Å². The topological polar surface area (TPSA) is 89.4 Å². The van der Waals surface area contributed by atoms with Gasteiger partial charge in [-0.15, -0.1) is 0 Å². The maximum Gasteiger partial charge on any atom is 0.343 e. The summed E-state index contributed by atoms with van der Waals surface area (Å²) in [7, 11) is 0. The molecule has 0 aliphatic carbocycles. The summed E-state index contributed by atoms with van der Waals surface area (Å²) < 4.78 is 5.66. The van der Waals surface area contributed by atoms with E-state index < -0.39 is 11.8 Å². The van der Waals surface area contributed by atoms with Crippen LogP contribution in [0.4, 0.5) is 0 Å². The largest absolute Gasteiger partial charge is 0.507 e. The van der Waals surface area contributed by atoms with Gasteiger partial charge >= 0.3 is 5.97 Å². The smallest absolute Gasteiger partial charge is 0.343 e. The van der Waals surface area contributed by atoms with Crippen molar-refractivity contribution in [3.63, 3.8) is 0 Å². The third-order valence-corrected chi connectivity index (χ3v) is 5.43. The van der Waals surface area contributed by atoms with Crippen molar-refractivity contribution < 1.29 is 19.4 Å². The Balaban J connectivity index is 1.84. The van der Waals surface area contributed by atoms with Crippen LogP contribution in [0.15, 0.2) is 85.3 Å². The van der Waals surface area contributed by atoms with E-state index in [1.54, 1.807) is 61.5 Å². The molecule has 2 aromatic heterocycles. The average molecular weight is 471 g/mol. The predicted octanol–water partition coefficient (Wildman–Crippen LogP) is 5.94. The van der Waals surface area contributed by atoms with Crippen molar-refractivity contribution in [2.24, 2.45) is 0 Å². The molecule has 34 heavy (non-hydrogen) atoms. The van der Waals surface area contributed by atoms with Crippen LogP contribution in [0.1, 0.15) is 43.1 Å². The van der Waals surface area contributed by atoms with Crippen molar-refractivity contribution in [3.8, 4) is 5.75 Å². The molecule has 168 valence electrons. The lowest BCUT2D eigenvalue weighted by atomic mass is 9.99. The zero-order valence-corrected chi connectivity index (χ0v) is 18.9. The number of ether oxygens (including phenoxy) is 1. The number of halogens is 1. The molecule has 0 bridgehead atoms. The molecule has 0 spiro atoms. The molecule has 0 saturated heterocycles. The summed E-state index contributed by atoms with van der Waals surface area (Å²) in [6, 6.07) is 18.2. The number of nitrogens with zero attached hydrogens (tertiary/aromatic N) is 2. The van der Waals surface area contributed by atoms with Crippen LogP contribution in [0.2, 0.25) is 5.02 Å². The van der Waals surface area contributed by atoms with E-state index in [9.17, 15) is 14.7 Å². The Hall–Kier alpha value is -4.29. The molecule has 0 amide bonds. The molecular formula is C27H19ClN2O4. The monoisotopic (exact) mass is 470 g/mol. The number of rotatable bonds is 6. The van der Waals surface area contributed by atoms with Crippen LogP contribution in [-0.2, 0) is 0 Å². The number of esters is 1. The Labute approximate surface area is 201 Å². The lowest BCUT2D eigenvalue weighted by molar-refractivity contribution is 0.0732. The van der Waals surface area contributed by atoms with Gasteiger partial charge in [-0.2, -0.15) is 0 Å². The molecule has 4 aromatic rings. The maximum absolute atomic E-state index is 13.6. The molecule has 0 aliphatic rings. The van der Waals surface area contributed by atoms with Crippen LogP contribution in [0.5, 0.6) is 5.75 Å². The van der Waals surface area contributed by atoms with E-state index in [4.69, 9.17) is 16.3 Å². The van der Waals surface area contributed by atoms with Crippen molar-refractivity contribution in [3.05, 3.63) is 124 Å². The third kappa shape index (κ3) is 4.87. The van der Waals surface area contributed by atoms with E-state index in [0.717, 1.165) is 5.56 Å². The molecule has 4 rings (SSSR count). The Morgan fingerprint density at radius 2 is 1.59 bits per heavy atom. The molecule has 2 aromatic carbocycles. The van der Waals surface area contributed by atoms with Crippen molar-refractivity contribution >= 4 is 35.2 Å². The number of aliphatic hydroxyl groups excluding tert-OH is 1. The number of aryl methyl sites for hydroxylation is 1. The Morgan fingerprint density at radius 3 is 2.29 bits per heavy atom. The van der Waals surface area contributed by atoms with Gasteiger partial charge in [0.05, 0.1) is 21.8 Å². The first-order valence-corrected chi connectivity index (χ1v) is 10.7. The van der Waals surface area contributed by atoms with Gasteiger partial charge in [-0.1, -0.05) is 41.9 Å². The number of ketones is 1. The summed E-state index contributed by atoms with van der Waals surface area (Å²) in [4.78, 5) is 34.7. The summed E-state index contributed by atoms with van der Waals surface area (Å²) in [6.07, 6.45) is 5.80. The third-order valence-electron chi connectivity index (χ3n) is 5.10. The minimum Gasteiger partial charge on any atom is -0.507 e. The first-order chi connectivity index (χ1) is 16.5. The van der Waals surface area contributed by atoms with Crippen molar-refractivity contribution in [1.82, 2.24) is 9.97 Å². The van der Waals surface area contributed by atoms with Crippen molar-refractivity contribution in [2.75, 3.05) is 0 Å². The maximum atomic E-state index is 13.6. The van der Waals surface area contributed by atoms with Gasteiger partial charge in [0.15, 0.2) is 5.78 Å². The fraction of sp³-hybridized carbons (Fsp3) is 0.0370. The Bertz CT molecular complexity index is 1400. The van der Waals surface area contributed by atoms with Crippen molar-refractivity contribution in [2.45, 2.75) is 6.92 Å². The molecule has 0 saturated carbocycles. The highest BCUT2D eigenvalue weighted by Gasteiger charge is 2.24. The van der Waals surface area contributed by atoms with E-state index in [0.29, 0.717) is 11.1 Å². The quantitative estimate of drug-likeness (QED) is 0.213. The van der Waals surface area contributed by atoms with Gasteiger partial charge in [0, 0.05) is 41.9 Å². The van der Waals surface area contributed by atoms with Gasteiger partial charge in [-0.25, -0.2) is 4.79 Å². The standard InChI is InChI=1S/C27H19ClN2O4/c1-17-6-2-3-7-19(17)27(33)34-24-12-15-30-22(16-23(31)18-10-13-29-14-11-18)25(24)26(32)20-8-4-5-9-21(20)28/h2-16,31H,1H3/b23-16+. The van der Waals surface area contributed by atoms with E-state index >= 15 is 0 Å². The number of pyridine rings is 2. The summed E-state index contributed by atoms with van der Waals surface area (Å²) in [6.45, 7) is 1.79. The molecule has 1 N–H and O–H groups in total. The van der Waals surface area contributed by atoms with Crippen LogP contribution >= 0.6 is 11.6 Å². The predicted molar refractivity (Wildman–Crippen MR) is 130 cm³/mol. The normalized spacial score (nSPS) is 11.2. The minimum absolute atomic E-state index is 0.00172. The van der Waals surface area contributed by atoms with Gasteiger partial charge < -0.3 is 9.84 Å². The number of benzene rings is 2. The van der Waals surface area contributed by atoms with Crippen LogP contribution in [-0.4, -0.2) is 26.8 Å². The molecule has 0 radical (unpaired) electrons. The second-order valence-electron chi connectivity index (χ2n) is 7.35. The summed E-state index contributed by atoms with van der Waals surface area (Å²) >= 11 is 6.28. The molecule has 2 heterocycles. The van der Waals surface area contributed by atoms with Crippen molar-refractivity contribution in [1.29, 1.82) is 0 Å². The fourth-order valence-corrected chi connectivity index (χ4v) is 3.58. The molecule has 0 aliphatic heterocycles. The number of aliphatic hydroxyl groups is 1. The lowest BCUT2D eigenvalue weighted by Crippen LogP contribution is -2.15. The van der Waals surface area contributed by atoms with Gasteiger partial charge in [-0.05, 0) is 42.8 Å². The van der Waals surface area contributed by atoms with E-state index in [-0.39, 0.29) is 33.4 Å². The molecule has 0 unspecified atom stereocenters. The van der Waals surface area contributed by atoms with E-state index in [1.807, 2.05) is 6.07 Å².